The monoisotopic (exact) mass is 164 g/mol. The molecule has 2 aromatic carbocycles. The second kappa shape index (κ2) is 4.37. The van der Waals surface area contributed by atoms with Crippen LogP contribution in [0.15, 0.2) is 36.4 Å². The van der Waals surface area contributed by atoms with Gasteiger partial charge in [-0.15, -0.1) is 35.7 Å². The van der Waals surface area contributed by atoms with Crippen molar-refractivity contribution in [3.63, 3.8) is 0 Å². The Labute approximate surface area is 89.9 Å². The Hall–Kier alpha value is -0.903. The molecule has 0 heterocycles. The minimum absolute atomic E-state index is 0. The van der Waals surface area contributed by atoms with Gasteiger partial charge in [-0.05, 0) is 0 Å². The van der Waals surface area contributed by atoms with Gasteiger partial charge in [0.1, 0.15) is 0 Å². The summed E-state index contributed by atoms with van der Waals surface area (Å²) >= 11 is 0. The van der Waals surface area contributed by atoms with Crippen molar-refractivity contribution in [3.05, 3.63) is 42.5 Å². The summed E-state index contributed by atoms with van der Waals surface area (Å²) in [6.07, 6.45) is 0. The van der Waals surface area contributed by atoms with Gasteiger partial charge in [0.25, 0.3) is 0 Å². The first-order chi connectivity index (χ1) is 5.92. The van der Waals surface area contributed by atoms with Gasteiger partial charge in [-0.2, -0.15) is 0 Å². The average Bonchev–Trinajstić information content (AvgIpc) is 2.17. The third-order valence-corrected chi connectivity index (χ3v) is 1.89. The zero-order valence-corrected chi connectivity index (χ0v) is 7.87. The minimum Gasteiger partial charge on any atom is -0.515 e. The smallest absolute Gasteiger partial charge is 0.515 e. The number of benzene rings is 2. The van der Waals surface area contributed by atoms with Crippen LogP contribution in [0.1, 0.15) is 0 Å². The average molecular weight is 164 g/mol. The molecular formula is C11H9LiO. The van der Waals surface area contributed by atoms with Crippen molar-refractivity contribution < 1.29 is 23.6 Å². The van der Waals surface area contributed by atoms with Crippen molar-refractivity contribution in [2.24, 2.45) is 0 Å². The van der Waals surface area contributed by atoms with E-state index in [1.54, 1.807) is 7.11 Å². The molecule has 2 heteroatoms. The topological polar surface area (TPSA) is 9.23 Å². The molecule has 0 aliphatic carbocycles. The number of fused-ring (bicyclic) bond motifs is 1. The zero-order chi connectivity index (χ0) is 8.39. The predicted octanol–water partition coefficient (Wildman–Crippen LogP) is -0.347. The van der Waals surface area contributed by atoms with Crippen LogP contribution in [0.4, 0.5) is 0 Å². The Morgan fingerprint density at radius 2 is 1.92 bits per heavy atom. The van der Waals surface area contributed by atoms with Gasteiger partial charge in [0.2, 0.25) is 0 Å². The summed E-state index contributed by atoms with van der Waals surface area (Å²) in [6.45, 7) is 0. The van der Waals surface area contributed by atoms with E-state index in [4.69, 9.17) is 4.74 Å². The summed E-state index contributed by atoms with van der Waals surface area (Å²) in [4.78, 5) is 0. The van der Waals surface area contributed by atoms with Crippen LogP contribution >= 0.6 is 0 Å². The number of methoxy groups -OCH3 is 1. The van der Waals surface area contributed by atoms with E-state index in [0.29, 0.717) is 0 Å². The molecule has 0 unspecified atom stereocenters. The second-order valence-corrected chi connectivity index (χ2v) is 2.59. The molecule has 0 bridgehead atoms. The first kappa shape index (κ1) is 10.2. The fraction of sp³-hybridized carbons (Fsp3) is 0.0909. The Kier molecular flexibility index (Phi) is 3.42. The number of hydrogen-bond acceptors (Lipinski definition) is 1. The van der Waals surface area contributed by atoms with Crippen LogP contribution < -0.4 is 23.6 Å². The number of ether oxygens (including phenoxy) is 1. The zero-order valence-electron chi connectivity index (χ0n) is 7.87. The fourth-order valence-corrected chi connectivity index (χ4v) is 1.30. The summed E-state index contributed by atoms with van der Waals surface area (Å²) in [6, 6.07) is 15.0. The molecule has 0 aliphatic rings. The van der Waals surface area contributed by atoms with E-state index < -0.39 is 0 Å². The molecule has 0 spiro atoms. The molecule has 2 rings (SSSR count). The maximum absolute atomic E-state index is 5.21. The van der Waals surface area contributed by atoms with Crippen molar-refractivity contribution in [2.75, 3.05) is 7.11 Å². The normalized spacial score (nSPS) is 9.31. The summed E-state index contributed by atoms with van der Waals surface area (Å²) in [7, 11) is 1.68. The molecule has 60 valence electrons. The van der Waals surface area contributed by atoms with E-state index >= 15 is 0 Å². The Morgan fingerprint density at radius 1 is 1.15 bits per heavy atom. The molecule has 0 amide bonds. The van der Waals surface area contributed by atoms with Crippen molar-refractivity contribution in [3.8, 4) is 5.75 Å². The van der Waals surface area contributed by atoms with Gasteiger partial charge in [0.15, 0.2) is 0 Å². The SMILES string of the molecule is COc1cc[c-]c2ccccc12.[Li+]. The van der Waals surface area contributed by atoms with Crippen LogP contribution in [0, 0.1) is 6.07 Å². The van der Waals surface area contributed by atoms with Crippen LogP contribution in [0.5, 0.6) is 5.75 Å². The van der Waals surface area contributed by atoms with Crippen LogP contribution in [0.25, 0.3) is 10.8 Å². The molecule has 13 heavy (non-hydrogen) atoms. The van der Waals surface area contributed by atoms with E-state index in [-0.39, 0.29) is 18.9 Å². The number of rotatable bonds is 1. The molecular weight excluding hydrogens is 155 g/mol. The van der Waals surface area contributed by atoms with Crippen molar-refractivity contribution in [1.29, 1.82) is 0 Å². The van der Waals surface area contributed by atoms with Gasteiger partial charge in [-0.25, -0.2) is 0 Å². The Morgan fingerprint density at radius 3 is 2.69 bits per heavy atom. The molecule has 0 N–H and O–H groups in total. The van der Waals surface area contributed by atoms with E-state index in [9.17, 15) is 0 Å². The molecule has 0 fully saturated rings. The standard InChI is InChI=1S/C11H9O.Li/c1-12-11-8-4-6-9-5-2-3-7-10(9)11;/h2-5,7-8H,1H3;/q-1;+1. The molecule has 0 aromatic heterocycles. The number of hydrogen-bond donors (Lipinski definition) is 0. The summed E-state index contributed by atoms with van der Waals surface area (Å²) in [5.41, 5.74) is 0. The largest absolute Gasteiger partial charge is 1.00 e. The third kappa shape index (κ3) is 1.88. The quantitative estimate of drug-likeness (QED) is 0.413. The van der Waals surface area contributed by atoms with Gasteiger partial charge >= 0.3 is 18.9 Å². The van der Waals surface area contributed by atoms with E-state index in [0.717, 1.165) is 16.5 Å². The van der Waals surface area contributed by atoms with Gasteiger partial charge in [0.05, 0.1) is 7.11 Å². The van der Waals surface area contributed by atoms with Crippen molar-refractivity contribution >= 4 is 10.8 Å². The van der Waals surface area contributed by atoms with Crippen LogP contribution in [0.2, 0.25) is 0 Å². The maximum atomic E-state index is 5.21. The molecule has 2 aromatic rings. The molecule has 0 atom stereocenters. The summed E-state index contributed by atoms with van der Waals surface area (Å²) in [5, 5.41) is 2.21. The van der Waals surface area contributed by atoms with E-state index in [1.807, 2.05) is 36.4 Å². The first-order valence-corrected chi connectivity index (χ1v) is 3.85. The van der Waals surface area contributed by atoms with Gasteiger partial charge in [0, 0.05) is 5.75 Å². The molecule has 0 radical (unpaired) electrons. The molecule has 1 nitrogen and oxygen atoms in total. The van der Waals surface area contributed by atoms with Crippen LogP contribution in [-0.4, -0.2) is 7.11 Å². The maximum Gasteiger partial charge on any atom is 1.00 e. The first-order valence-electron chi connectivity index (χ1n) is 3.85. The third-order valence-electron chi connectivity index (χ3n) is 1.89. The van der Waals surface area contributed by atoms with Gasteiger partial charge in [-0.1, -0.05) is 17.5 Å². The molecule has 0 saturated heterocycles. The molecule has 0 saturated carbocycles. The summed E-state index contributed by atoms with van der Waals surface area (Å²) < 4.78 is 5.21. The van der Waals surface area contributed by atoms with Crippen LogP contribution in [-0.2, 0) is 0 Å². The van der Waals surface area contributed by atoms with Crippen molar-refractivity contribution in [1.82, 2.24) is 0 Å². The fourth-order valence-electron chi connectivity index (χ4n) is 1.30. The second-order valence-electron chi connectivity index (χ2n) is 2.59. The Balaban J connectivity index is 0.000000845. The van der Waals surface area contributed by atoms with Gasteiger partial charge < -0.3 is 4.74 Å². The van der Waals surface area contributed by atoms with E-state index in [2.05, 4.69) is 6.07 Å². The van der Waals surface area contributed by atoms with E-state index in [1.165, 1.54) is 0 Å². The van der Waals surface area contributed by atoms with Crippen LogP contribution in [0.3, 0.4) is 0 Å². The summed E-state index contributed by atoms with van der Waals surface area (Å²) in [5.74, 6) is 0.907. The Bertz CT molecular complexity index is 393. The van der Waals surface area contributed by atoms with Gasteiger partial charge in [-0.3, -0.25) is 0 Å². The minimum atomic E-state index is 0. The molecule has 0 aliphatic heterocycles. The van der Waals surface area contributed by atoms with Crippen molar-refractivity contribution in [2.45, 2.75) is 0 Å². The predicted molar refractivity (Wildman–Crippen MR) is 49.3 cm³/mol.